The van der Waals surface area contributed by atoms with E-state index in [0.717, 1.165) is 47.7 Å². The van der Waals surface area contributed by atoms with Gasteiger partial charge in [-0.25, -0.2) is 0 Å². The van der Waals surface area contributed by atoms with Gasteiger partial charge in [0.05, 0.1) is 18.8 Å². The van der Waals surface area contributed by atoms with E-state index >= 15 is 0 Å². The van der Waals surface area contributed by atoms with Crippen LogP contribution in [0.1, 0.15) is 57.5 Å². The summed E-state index contributed by atoms with van der Waals surface area (Å²) < 4.78 is 5.26. The normalized spacial score (nSPS) is 17.2. The number of ether oxygens (including phenoxy) is 1. The monoisotopic (exact) mass is 366 g/mol. The zero-order valence-corrected chi connectivity index (χ0v) is 17.1. The van der Waals surface area contributed by atoms with Gasteiger partial charge in [0.15, 0.2) is 0 Å². The van der Waals surface area contributed by atoms with Gasteiger partial charge in [0, 0.05) is 18.7 Å². The molecular weight excluding hydrogens is 336 g/mol. The van der Waals surface area contributed by atoms with Gasteiger partial charge in [-0.1, -0.05) is 32.9 Å². The van der Waals surface area contributed by atoms with Crippen molar-refractivity contribution >= 4 is 5.91 Å². The Morgan fingerprint density at radius 3 is 2.52 bits per heavy atom. The van der Waals surface area contributed by atoms with Crippen molar-refractivity contribution in [1.82, 2.24) is 9.88 Å². The number of hydrogen-bond donors (Lipinski definition) is 0. The third-order valence-electron chi connectivity index (χ3n) is 4.99. The Labute approximate surface area is 162 Å². The highest BCUT2D eigenvalue weighted by Gasteiger charge is 2.32. The summed E-state index contributed by atoms with van der Waals surface area (Å²) in [6, 6.07) is 12.4. The van der Waals surface area contributed by atoms with Crippen LogP contribution in [0.5, 0.6) is 5.75 Å². The van der Waals surface area contributed by atoms with Gasteiger partial charge < -0.3 is 9.64 Å². The molecule has 0 aliphatic carbocycles. The molecule has 1 amide bonds. The van der Waals surface area contributed by atoms with Crippen molar-refractivity contribution in [2.75, 3.05) is 13.7 Å². The molecule has 0 N–H and O–H groups in total. The van der Waals surface area contributed by atoms with Gasteiger partial charge in [0.25, 0.3) is 0 Å². The number of aryl methyl sites for hydroxylation is 1. The molecule has 2 heterocycles. The number of carbonyl (C=O) groups is 1. The summed E-state index contributed by atoms with van der Waals surface area (Å²) in [5, 5.41) is 0. The van der Waals surface area contributed by atoms with E-state index in [4.69, 9.17) is 9.72 Å². The molecule has 1 aromatic carbocycles. The van der Waals surface area contributed by atoms with E-state index in [0.29, 0.717) is 6.42 Å². The molecule has 27 heavy (non-hydrogen) atoms. The third-order valence-corrected chi connectivity index (χ3v) is 4.99. The molecule has 1 aromatic heterocycles. The Morgan fingerprint density at radius 2 is 1.89 bits per heavy atom. The Kier molecular flexibility index (Phi) is 5.54. The molecule has 0 unspecified atom stereocenters. The van der Waals surface area contributed by atoms with E-state index in [1.807, 2.05) is 24.0 Å². The maximum atomic E-state index is 12.8. The molecule has 1 aliphatic rings. The third kappa shape index (κ3) is 4.68. The maximum absolute atomic E-state index is 12.8. The number of rotatable bonds is 4. The average Bonchev–Trinajstić information content (AvgIpc) is 3.10. The fraction of sp³-hybridized carbons (Fsp3) is 0.478. The molecule has 1 atom stereocenters. The topological polar surface area (TPSA) is 42.4 Å². The quantitative estimate of drug-likeness (QED) is 0.750. The van der Waals surface area contributed by atoms with Crippen LogP contribution in [0.25, 0.3) is 11.1 Å². The minimum absolute atomic E-state index is 0.00148. The largest absolute Gasteiger partial charge is 0.497 e. The maximum Gasteiger partial charge on any atom is 0.223 e. The number of likely N-dealkylation sites (tertiary alicyclic amines) is 1. The number of amides is 1. The summed E-state index contributed by atoms with van der Waals surface area (Å²) in [4.78, 5) is 19.7. The van der Waals surface area contributed by atoms with Gasteiger partial charge >= 0.3 is 0 Å². The van der Waals surface area contributed by atoms with Crippen molar-refractivity contribution < 1.29 is 9.53 Å². The molecule has 0 saturated carbocycles. The molecule has 4 heteroatoms. The van der Waals surface area contributed by atoms with Crippen molar-refractivity contribution in [2.24, 2.45) is 5.41 Å². The highest BCUT2D eigenvalue weighted by Crippen LogP contribution is 2.35. The molecule has 4 nitrogen and oxygen atoms in total. The van der Waals surface area contributed by atoms with Crippen LogP contribution in [-0.2, 0) is 4.79 Å². The number of carbonyl (C=O) groups excluding carboxylic acids is 1. The standard InChI is InChI=1S/C23H30N2O2/c1-16-13-18(17-8-10-19(27-5)11-9-17)14-20(24-16)21-7-6-12-25(21)22(26)15-23(2,3)4/h8-11,13-14,21H,6-7,12,15H2,1-5H3/t21-/m0/s1. The van der Waals surface area contributed by atoms with Crippen molar-refractivity contribution in [3.05, 3.63) is 47.8 Å². The molecule has 0 radical (unpaired) electrons. The predicted octanol–water partition coefficient (Wildman–Crippen LogP) is 5.17. The van der Waals surface area contributed by atoms with Crippen molar-refractivity contribution in [2.45, 2.75) is 53.0 Å². The molecule has 144 valence electrons. The zero-order chi connectivity index (χ0) is 19.6. The van der Waals surface area contributed by atoms with Crippen LogP contribution in [0.4, 0.5) is 0 Å². The van der Waals surface area contributed by atoms with Crippen LogP contribution >= 0.6 is 0 Å². The lowest BCUT2D eigenvalue weighted by molar-refractivity contribution is -0.134. The van der Waals surface area contributed by atoms with Crippen LogP contribution in [0.3, 0.4) is 0 Å². The summed E-state index contributed by atoms with van der Waals surface area (Å²) in [6.45, 7) is 9.19. The van der Waals surface area contributed by atoms with Gasteiger partial charge in [-0.3, -0.25) is 9.78 Å². The first-order valence-corrected chi connectivity index (χ1v) is 9.69. The molecule has 0 spiro atoms. The second-order valence-corrected chi connectivity index (χ2v) is 8.63. The van der Waals surface area contributed by atoms with E-state index in [-0.39, 0.29) is 17.4 Å². The first kappa shape index (κ1) is 19.4. The SMILES string of the molecule is COc1ccc(-c2cc(C)nc([C@@H]3CCCN3C(=O)CC(C)(C)C)c2)cc1. The van der Waals surface area contributed by atoms with Crippen LogP contribution in [-0.4, -0.2) is 29.4 Å². The van der Waals surface area contributed by atoms with E-state index in [9.17, 15) is 4.79 Å². The van der Waals surface area contributed by atoms with Gasteiger partial charge in [-0.05, 0) is 60.6 Å². The van der Waals surface area contributed by atoms with E-state index in [1.54, 1.807) is 7.11 Å². The number of hydrogen-bond acceptors (Lipinski definition) is 3. The highest BCUT2D eigenvalue weighted by molar-refractivity contribution is 5.77. The lowest BCUT2D eigenvalue weighted by Crippen LogP contribution is -2.33. The second-order valence-electron chi connectivity index (χ2n) is 8.63. The van der Waals surface area contributed by atoms with Crippen molar-refractivity contribution in [3.63, 3.8) is 0 Å². The second kappa shape index (κ2) is 7.71. The molecule has 2 aromatic rings. The highest BCUT2D eigenvalue weighted by atomic mass is 16.5. The van der Waals surface area contributed by atoms with Crippen LogP contribution < -0.4 is 4.74 Å². The summed E-state index contributed by atoms with van der Waals surface area (Å²) in [5.74, 6) is 1.08. The van der Waals surface area contributed by atoms with Crippen LogP contribution in [0, 0.1) is 12.3 Å². The first-order valence-electron chi connectivity index (χ1n) is 9.69. The zero-order valence-electron chi connectivity index (χ0n) is 17.1. The fourth-order valence-corrected chi connectivity index (χ4v) is 3.74. The van der Waals surface area contributed by atoms with E-state index in [1.165, 1.54) is 0 Å². The summed E-state index contributed by atoms with van der Waals surface area (Å²) in [6.07, 6.45) is 2.59. The van der Waals surface area contributed by atoms with Crippen molar-refractivity contribution in [1.29, 1.82) is 0 Å². The number of benzene rings is 1. The van der Waals surface area contributed by atoms with Gasteiger partial charge in [-0.2, -0.15) is 0 Å². The minimum atomic E-state index is -0.00148. The van der Waals surface area contributed by atoms with Gasteiger partial charge in [-0.15, -0.1) is 0 Å². The molecule has 1 aliphatic heterocycles. The number of nitrogens with zero attached hydrogens (tertiary/aromatic N) is 2. The number of pyridine rings is 1. The molecule has 3 rings (SSSR count). The molecule has 0 bridgehead atoms. The number of aromatic nitrogens is 1. The summed E-state index contributed by atoms with van der Waals surface area (Å²) in [7, 11) is 1.67. The fourth-order valence-electron chi connectivity index (χ4n) is 3.74. The first-order chi connectivity index (χ1) is 12.8. The molecular formula is C23H30N2O2. The Morgan fingerprint density at radius 1 is 1.19 bits per heavy atom. The Hall–Kier alpha value is -2.36. The molecule has 1 saturated heterocycles. The summed E-state index contributed by atoms with van der Waals surface area (Å²) >= 11 is 0. The van der Waals surface area contributed by atoms with Crippen molar-refractivity contribution in [3.8, 4) is 16.9 Å². The van der Waals surface area contributed by atoms with Crippen LogP contribution in [0.15, 0.2) is 36.4 Å². The van der Waals surface area contributed by atoms with Crippen LogP contribution in [0.2, 0.25) is 0 Å². The van der Waals surface area contributed by atoms with Gasteiger partial charge in [0.2, 0.25) is 5.91 Å². The van der Waals surface area contributed by atoms with E-state index < -0.39 is 0 Å². The lowest BCUT2D eigenvalue weighted by Gasteiger charge is -2.28. The smallest absolute Gasteiger partial charge is 0.223 e. The Bertz CT molecular complexity index is 806. The van der Waals surface area contributed by atoms with E-state index in [2.05, 4.69) is 45.0 Å². The Balaban J connectivity index is 1.89. The predicted molar refractivity (Wildman–Crippen MR) is 109 cm³/mol. The minimum Gasteiger partial charge on any atom is -0.497 e. The molecule has 1 fully saturated rings. The number of methoxy groups -OCH3 is 1. The van der Waals surface area contributed by atoms with Gasteiger partial charge in [0.1, 0.15) is 5.75 Å². The summed E-state index contributed by atoms with van der Waals surface area (Å²) in [5.41, 5.74) is 4.25. The average molecular weight is 367 g/mol. The lowest BCUT2D eigenvalue weighted by atomic mass is 9.91.